The number of amides is 3. The Balaban J connectivity index is 1.36. The van der Waals surface area contributed by atoms with Crippen LogP contribution in [0, 0.1) is 0 Å². The third-order valence-electron chi connectivity index (χ3n) is 5.40. The number of thiophene rings is 1. The fourth-order valence-corrected chi connectivity index (χ4v) is 5.11. The molecule has 11 heteroatoms. The fourth-order valence-electron chi connectivity index (χ4n) is 3.82. The van der Waals surface area contributed by atoms with E-state index in [4.69, 9.17) is 9.47 Å². The maximum atomic E-state index is 12.4. The second-order valence-electron chi connectivity index (χ2n) is 7.72. The highest BCUT2D eigenvalue weighted by atomic mass is 32.1. The van der Waals surface area contributed by atoms with Crippen molar-refractivity contribution in [3.63, 3.8) is 0 Å². The quantitative estimate of drug-likeness (QED) is 0.576. The summed E-state index contributed by atoms with van der Waals surface area (Å²) in [5.74, 6) is -2.30. The van der Waals surface area contributed by atoms with Gasteiger partial charge in [-0.15, -0.1) is 11.3 Å². The molecule has 178 valence electrons. The van der Waals surface area contributed by atoms with E-state index in [-0.39, 0.29) is 36.8 Å². The molecule has 2 N–H and O–H groups in total. The SMILES string of the molecule is CCOC(=O)c1c(NC(=O)COC(=O)c2ccc(N3NC(=O)CCC3=O)cc2)sc2c1CCC2. The molecule has 2 heterocycles. The average molecular weight is 486 g/mol. The van der Waals surface area contributed by atoms with Gasteiger partial charge in [-0.05, 0) is 56.0 Å². The molecular weight excluding hydrogens is 462 g/mol. The Kier molecular flexibility index (Phi) is 6.92. The first kappa shape index (κ1) is 23.4. The first-order valence-electron chi connectivity index (χ1n) is 10.9. The summed E-state index contributed by atoms with van der Waals surface area (Å²) in [6, 6.07) is 5.87. The summed E-state index contributed by atoms with van der Waals surface area (Å²) in [5, 5.41) is 4.20. The molecule has 3 amide bonds. The molecule has 1 aliphatic heterocycles. The van der Waals surface area contributed by atoms with E-state index in [2.05, 4.69) is 10.7 Å². The van der Waals surface area contributed by atoms with E-state index in [1.807, 2.05) is 0 Å². The van der Waals surface area contributed by atoms with Gasteiger partial charge in [0.05, 0.1) is 23.4 Å². The Morgan fingerprint density at radius 2 is 1.79 bits per heavy atom. The van der Waals surface area contributed by atoms with E-state index in [0.717, 1.165) is 34.7 Å². The predicted octanol–water partition coefficient (Wildman–Crippen LogP) is 2.37. The molecule has 1 aliphatic carbocycles. The van der Waals surface area contributed by atoms with Gasteiger partial charge in [0, 0.05) is 17.7 Å². The zero-order valence-electron chi connectivity index (χ0n) is 18.5. The molecule has 2 aliphatic rings. The summed E-state index contributed by atoms with van der Waals surface area (Å²) in [7, 11) is 0. The standard InChI is InChI=1S/C23H23N3O7S/c1-2-32-23(31)20-15-4-3-5-16(15)34-21(20)24-18(28)12-33-22(30)13-6-8-14(9-7-13)26-19(29)11-10-17(27)25-26/h6-9H,2-5,10-12H2,1H3,(H,24,28)(H,25,27). The molecule has 34 heavy (non-hydrogen) atoms. The normalized spacial score (nSPS) is 14.9. The Bertz CT molecular complexity index is 1160. The molecule has 10 nitrogen and oxygen atoms in total. The van der Waals surface area contributed by atoms with E-state index in [0.29, 0.717) is 16.3 Å². The maximum absolute atomic E-state index is 12.4. The van der Waals surface area contributed by atoms with Crippen LogP contribution in [0.1, 0.15) is 57.3 Å². The van der Waals surface area contributed by atoms with Crippen LogP contribution in [-0.2, 0) is 36.7 Å². The van der Waals surface area contributed by atoms with Gasteiger partial charge in [-0.2, -0.15) is 0 Å². The van der Waals surface area contributed by atoms with Gasteiger partial charge in [0.1, 0.15) is 5.00 Å². The lowest BCUT2D eigenvalue weighted by Crippen LogP contribution is -2.50. The molecular formula is C23H23N3O7S. The molecule has 1 aromatic heterocycles. The smallest absolute Gasteiger partial charge is 0.341 e. The van der Waals surface area contributed by atoms with Crippen LogP contribution < -0.4 is 15.8 Å². The highest BCUT2D eigenvalue weighted by molar-refractivity contribution is 7.17. The van der Waals surface area contributed by atoms with Gasteiger partial charge in [0.2, 0.25) is 11.8 Å². The first-order chi connectivity index (χ1) is 16.4. The van der Waals surface area contributed by atoms with Crippen LogP contribution in [-0.4, -0.2) is 42.9 Å². The molecule has 0 saturated carbocycles. The van der Waals surface area contributed by atoms with Crippen molar-refractivity contribution in [2.24, 2.45) is 0 Å². The highest BCUT2D eigenvalue weighted by Crippen LogP contribution is 2.39. The third-order valence-corrected chi connectivity index (χ3v) is 6.61. The lowest BCUT2D eigenvalue weighted by atomic mass is 10.1. The van der Waals surface area contributed by atoms with Crippen LogP contribution in [0.5, 0.6) is 0 Å². The summed E-state index contributed by atoms with van der Waals surface area (Å²) in [5.41, 5.74) is 4.35. The van der Waals surface area contributed by atoms with E-state index < -0.39 is 24.5 Å². The van der Waals surface area contributed by atoms with Crippen molar-refractivity contribution in [2.75, 3.05) is 23.5 Å². The monoisotopic (exact) mass is 485 g/mol. The van der Waals surface area contributed by atoms with Crippen LogP contribution in [0.2, 0.25) is 0 Å². The fraction of sp³-hybridized carbons (Fsp3) is 0.348. The second-order valence-corrected chi connectivity index (χ2v) is 8.82. The maximum Gasteiger partial charge on any atom is 0.341 e. The third kappa shape index (κ3) is 4.93. The second kappa shape index (κ2) is 10.0. The number of fused-ring (bicyclic) bond motifs is 1. The number of carbonyl (C=O) groups is 5. The number of anilines is 2. The van der Waals surface area contributed by atoms with E-state index in [1.165, 1.54) is 35.6 Å². The number of hydrazine groups is 1. The number of esters is 2. The molecule has 1 fully saturated rings. The van der Waals surface area contributed by atoms with Crippen molar-refractivity contribution >= 4 is 51.7 Å². The minimum Gasteiger partial charge on any atom is -0.462 e. The minimum absolute atomic E-state index is 0.107. The predicted molar refractivity (Wildman–Crippen MR) is 123 cm³/mol. The Hall–Kier alpha value is -3.73. The number of aryl methyl sites for hydroxylation is 1. The zero-order chi connectivity index (χ0) is 24.2. The van der Waals surface area contributed by atoms with Gasteiger partial charge in [-0.3, -0.25) is 19.8 Å². The van der Waals surface area contributed by atoms with Gasteiger partial charge in [-0.25, -0.2) is 14.6 Å². The van der Waals surface area contributed by atoms with Crippen molar-refractivity contribution in [1.82, 2.24) is 5.43 Å². The number of rotatable bonds is 7. The summed E-state index contributed by atoms with van der Waals surface area (Å²) < 4.78 is 10.2. The number of hydrogen-bond donors (Lipinski definition) is 2. The largest absolute Gasteiger partial charge is 0.462 e. The Morgan fingerprint density at radius 3 is 2.53 bits per heavy atom. The van der Waals surface area contributed by atoms with Crippen molar-refractivity contribution in [1.29, 1.82) is 0 Å². The van der Waals surface area contributed by atoms with Gasteiger partial charge in [0.15, 0.2) is 6.61 Å². The Labute approximate surface area is 199 Å². The number of nitrogens with one attached hydrogen (secondary N) is 2. The van der Waals surface area contributed by atoms with Crippen molar-refractivity contribution in [3.05, 3.63) is 45.8 Å². The summed E-state index contributed by atoms with van der Waals surface area (Å²) in [6.07, 6.45) is 2.80. The minimum atomic E-state index is -0.727. The molecule has 0 bridgehead atoms. The van der Waals surface area contributed by atoms with E-state index >= 15 is 0 Å². The van der Waals surface area contributed by atoms with Crippen LogP contribution in [0.4, 0.5) is 10.7 Å². The molecule has 0 radical (unpaired) electrons. The molecule has 1 saturated heterocycles. The topological polar surface area (TPSA) is 131 Å². The molecule has 0 unspecified atom stereocenters. The van der Waals surface area contributed by atoms with Crippen LogP contribution >= 0.6 is 11.3 Å². The Morgan fingerprint density at radius 1 is 1.03 bits per heavy atom. The summed E-state index contributed by atoms with van der Waals surface area (Å²) >= 11 is 1.34. The van der Waals surface area contributed by atoms with Crippen LogP contribution in [0.3, 0.4) is 0 Å². The molecule has 2 aromatic rings. The van der Waals surface area contributed by atoms with Crippen LogP contribution in [0.25, 0.3) is 0 Å². The van der Waals surface area contributed by atoms with Crippen molar-refractivity contribution < 1.29 is 33.4 Å². The van der Waals surface area contributed by atoms with Gasteiger partial charge < -0.3 is 14.8 Å². The zero-order valence-corrected chi connectivity index (χ0v) is 19.3. The summed E-state index contributed by atoms with van der Waals surface area (Å²) in [6.45, 7) is 1.41. The number of carbonyl (C=O) groups excluding carboxylic acids is 5. The molecule has 0 spiro atoms. The van der Waals surface area contributed by atoms with Crippen molar-refractivity contribution in [2.45, 2.75) is 39.0 Å². The lowest BCUT2D eigenvalue weighted by Gasteiger charge is -2.27. The molecule has 1 aromatic carbocycles. The number of ether oxygens (including phenoxy) is 2. The van der Waals surface area contributed by atoms with Gasteiger partial charge in [-0.1, -0.05) is 0 Å². The average Bonchev–Trinajstić information content (AvgIpc) is 3.40. The van der Waals surface area contributed by atoms with E-state index in [9.17, 15) is 24.0 Å². The van der Waals surface area contributed by atoms with Gasteiger partial charge >= 0.3 is 11.9 Å². The van der Waals surface area contributed by atoms with Crippen molar-refractivity contribution in [3.8, 4) is 0 Å². The summed E-state index contributed by atoms with van der Waals surface area (Å²) in [4.78, 5) is 61.7. The highest BCUT2D eigenvalue weighted by Gasteiger charge is 2.28. The first-order valence-corrected chi connectivity index (χ1v) is 11.7. The van der Waals surface area contributed by atoms with Gasteiger partial charge in [0.25, 0.3) is 5.91 Å². The number of benzene rings is 1. The van der Waals surface area contributed by atoms with E-state index in [1.54, 1.807) is 6.92 Å². The number of nitrogens with zero attached hydrogens (tertiary/aromatic N) is 1. The number of hydrogen-bond acceptors (Lipinski definition) is 8. The van der Waals surface area contributed by atoms with Crippen LogP contribution in [0.15, 0.2) is 24.3 Å². The molecule has 4 rings (SSSR count). The molecule has 0 atom stereocenters. The lowest BCUT2D eigenvalue weighted by molar-refractivity contribution is -0.130.